The van der Waals surface area contributed by atoms with Crippen LogP contribution in [0, 0.1) is 0 Å². The number of carbonyl (C=O) groups excluding carboxylic acids is 1. The van der Waals surface area contributed by atoms with Gasteiger partial charge < -0.3 is 5.11 Å². The Balaban J connectivity index is 1.95. The summed E-state index contributed by atoms with van der Waals surface area (Å²) in [6, 6.07) is 13.3. The normalized spacial score (nSPS) is 15.7. The molecule has 2 aromatic rings. The minimum Gasteiger partial charge on any atom is -0.508 e. The van der Waals surface area contributed by atoms with E-state index < -0.39 is 0 Å². The van der Waals surface area contributed by atoms with Crippen molar-refractivity contribution in [1.29, 1.82) is 0 Å². The summed E-state index contributed by atoms with van der Waals surface area (Å²) in [4.78, 5) is 12.3. The molecule has 1 N–H and O–H groups in total. The Labute approximate surface area is 118 Å². The largest absolute Gasteiger partial charge is 0.508 e. The molecule has 0 aromatic heterocycles. The number of phenolic OH excluding ortho intramolecular Hbond substituents is 1. The van der Waals surface area contributed by atoms with Gasteiger partial charge in [-0.25, -0.2) is 0 Å². The Kier molecular flexibility index (Phi) is 3.15. The number of carbonyl (C=O) groups is 1. The zero-order valence-corrected chi connectivity index (χ0v) is 11.4. The molecule has 2 heteroatoms. The number of Topliss-reactive ketones (excluding diaryl/α,β-unsaturated/α-hetero) is 1. The lowest BCUT2D eigenvalue weighted by Gasteiger charge is -1.99. The van der Waals surface area contributed by atoms with E-state index in [1.54, 1.807) is 18.2 Å². The lowest BCUT2D eigenvalue weighted by molar-refractivity contribution is 0.104. The van der Waals surface area contributed by atoms with Gasteiger partial charge in [-0.3, -0.25) is 4.79 Å². The Bertz CT molecular complexity index is 694. The van der Waals surface area contributed by atoms with Crippen LogP contribution in [0.4, 0.5) is 0 Å². The van der Waals surface area contributed by atoms with Crippen LogP contribution in [0.1, 0.15) is 34.0 Å². The fraction of sp³-hybridized carbons (Fsp3) is 0.167. The van der Waals surface area contributed by atoms with E-state index in [4.69, 9.17) is 0 Å². The van der Waals surface area contributed by atoms with Crippen LogP contribution in [0.2, 0.25) is 0 Å². The first-order valence-electron chi connectivity index (χ1n) is 6.84. The number of ketones is 1. The molecule has 0 spiro atoms. The predicted molar refractivity (Wildman–Crippen MR) is 79.9 cm³/mol. The lowest BCUT2D eigenvalue weighted by Crippen LogP contribution is -1.95. The van der Waals surface area contributed by atoms with Crippen molar-refractivity contribution in [3.8, 4) is 5.75 Å². The Hall–Kier alpha value is -2.35. The first kappa shape index (κ1) is 12.7. The van der Waals surface area contributed by atoms with Crippen molar-refractivity contribution in [3.63, 3.8) is 0 Å². The van der Waals surface area contributed by atoms with Crippen molar-refractivity contribution in [3.05, 3.63) is 70.3 Å². The van der Waals surface area contributed by atoms with Crippen LogP contribution in [0.15, 0.2) is 48.0 Å². The summed E-state index contributed by atoms with van der Waals surface area (Å²) in [6.45, 7) is 2.12. The van der Waals surface area contributed by atoms with E-state index in [2.05, 4.69) is 19.1 Å². The van der Waals surface area contributed by atoms with Gasteiger partial charge in [-0.15, -0.1) is 0 Å². The number of rotatable bonds is 2. The molecule has 3 rings (SSSR count). The summed E-state index contributed by atoms with van der Waals surface area (Å²) in [5, 5.41) is 9.82. The van der Waals surface area contributed by atoms with Gasteiger partial charge in [0.2, 0.25) is 0 Å². The van der Waals surface area contributed by atoms with E-state index in [1.165, 1.54) is 5.56 Å². The van der Waals surface area contributed by atoms with Gasteiger partial charge in [0.15, 0.2) is 5.78 Å². The highest BCUT2D eigenvalue weighted by Crippen LogP contribution is 2.33. The molecular formula is C18H16O2. The number of allylic oxidation sites excluding steroid dienone is 1. The van der Waals surface area contributed by atoms with E-state index in [9.17, 15) is 9.90 Å². The zero-order chi connectivity index (χ0) is 14.1. The monoisotopic (exact) mass is 264 g/mol. The van der Waals surface area contributed by atoms with Crippen LogP contribution in [0.25, 0.3) is 6.08 Å². The summed E-state index contributed by atoms with van der Waals surface area (Å²) in [5.74, 6) is 0.232. The predicted octanol–water partition coefficient (Wildman–Crippen LogP) is 3.78. The van der Waals surface area contributed by atoms with E-state index >= 15 is 0 Å². The molecule has 0 bridgehead atoms. The fourth-order valence-corrected chi connectivity index (χ4v) is 2.58. The van der Waals surface area contributed by atoms with E-state index in [0.717, 1.165) is 23.1 Å². The highest BCUT2D eigenvalue weighted by Gasteiger charge is 2.26. The Morgan fingerprint density at radius 2 is 1.90 bits per heavy atom. The second-order valence-electron chi connectivity index (χ2n) is 5.07. The van der Waals surface area contributed by atoms with Crippen molar-refractivity contribution in [2.24, 2.45) is 0 Å². The molecule has 0 saturated heterocycles. The van der Waals surface area contributed by atoms with E-state index in [1.807, 2.05) is 18.2 Å². The van der Waals surface area contributed by atoms with Gasteiger partial charge in [-0.2, -0.15) is 0 Å². The molecular weight excluding hydrogens is 248 g/mol. The number of fused-ring (bicyclic) bond motifs is 1. The van der Waals surface area contributed by atoms with Crippen molar-refractivity contribution >= 4 is 11.9 Å². The molecule has 0 aliphatic heterocycles. The summed E-state index contributed by atoms with van der Waals surface area (Å²) in [5.41, 5.74) is 4.42. The number of phenols is 1. The van der Waals surface area contributed by atoms with Gasteiger partial charge in [0, 0.05) is 23.1 Å². The summed E-state index contributed by atoms with van der Waals surface area (Å²) in [6.07, 6.45) is 3.44. The molecule has 2 nitrogen and oxygen atoms in total. The first-order chi connectivity index (χ1) is 9.69. The SMILES string of the molecule is CCc1ccc(/C=C2\Cc3c(O)cccc3C2=O)cc1. The molecule has 0 fully saturated rings. The fourth-order valence-electron chi connectivity index (χ4n) is 2.58. The second kappa shape index (κ2) is 4.97. The van der Waals surface area contributed by atoms with Crippen molar-refractivity contribution in [2.45, 2.75) is 19.8 Å². The van der Waals surface area contributed by atoms with Crippen molar-refractivity contribution in [2.75, 3.05) is 0 Å². The molecule has 0 radical (unpaired) electrons. The van der Waals surface area contributed by atoms with Crippen LogP contribution in [0.3, 0.4) is 0 Å². The molecule has 0 amide bonds. The number of hydrogen-bond donors (Lipinski definition) is 1. The maximum absolute atomic E-state index is 12.3. The average Bonchev–Trinajstić information content (AvgIpc) is 2.79. The van der Waals surface area contributed by atoms with Crippen LogP contribution >= 0.6 is 0 Å². The molecule has 0 unspecified atom stereocenters. The Morgan fingerprint density at radius 3 is 2.55 bits per heavy atom. The molecule has 1 aliphatic carbocycles. The van der Waals surface area contributed by atoms with Crippen molar-refractivity contribution < 1.29 is 9.90 Å². The zero-order valence-electron chi connectivity index (χ0n) is 11.4. The topological polar surface area (TPSA) is 37.3 Å². The van der Waals surface area contributed by atoms with Gasteiger partial charge in [0.1, 0.15) is 5.75 Å². The molecule has 2 aromatic carbocycles. The molecule has 100 valence electrons. The highest BCUT2D eigenvalue weighted by atomic mass is 16.3. The molecule has 0 heterocycles. The summed E-state index contributed by atoms with van der Waals surface area (Å²) >= 11 is 0. The number of aromatic hydroxyl groups is 1. The van der Waals surface area contributed by atoms with Crippen LogP contribution in [0.5, 0.6) is 5.75 Å². The lowest BCUT2D eigenvalue weighted by atomic mass is 10.1. The van der Waals surface area contributed by atoms with Crippen LogP contribution < -0.4 is 0 Å². The third-order valence-corrected chi connectivity index (χ3v) is 3.78. The van der Waals surface area contributed by atoms with Gasteiger partial charge >= 0.3 is 0 Å². The smallest absolute Gasteiger partial charge is 0.189 e. The number of benzene rings is 2. The van der Waals surface area contributed by atoms with Crippen molar-refractivity contribution in [1.82, 2.24) is 0 Å². The van der Waals surface area contributed by atoms with Gasteiger partial charge in [0.05, 0.1) is 0 Å². The van der Waals surface area contributed by atoms with Crippen LogP contribution in [-0.4, -0.2) is 10.9 Å². The minimum absolute atomic E-state index is 0.0236. The maximum Gasteiger partial charge on any atom is 0.189 e. The standard InChI is InChI=1S/C18H16O2/c1-2-12-6-8-13(9-7-12)10-14-11-16-15(18(14)20)4-3-5-17(16)19/h3-10,19H,2,11H2,1H3/b14-10+. The van der Waals surface area contributed by atoms with Crippen LogP contribution in [-0.2, 0) is 12.8 Å². The highest BCUT2D eigenvalue weighted by molar-refractivity contribution is 6.16. The summed E-state index contributed by atoms with van der Waals surface area (Å²) in [7, 11) is 0. The third kappa shape index (κ3) is 2.14. The van der Waals surface area contributed by atoms with Gasteiger partial charge in [0.25, 0.3) is 0 Å². The first-order valence-corrected chi connectivity index (χ1v) is 6.84. The van der Waals surface area contributed by atoms with E-state index in [-0.39, 0.29) is 11.5 Å². The average molecular weight is 264 g/mol. The second-order valence-corrected chi connectivity index (χ2v) is 5.07. The third-order valence-electron chi connectivity index (χ3n) is 3.78. The molecule has 0 saturated carbocycles. The summed E-state index contributed by atoms with van der Waals surface area (Å²) < 4.78 is 0. The Morgan fingerprint density at radius 1 is 1.15 bits per heavy atom. The van der Waals surface area contributed by atoms with Gasteiger partial charge in [-0.05, 0) is 29.7 Å². The number of hydrogen-bond acceptors (Lipinski definition) is 2. The number of aryl methyl sites for hydroxylation is 1. The quantitative estimate of drug-likeness (QED) is 0.838. The van der Waals surface area contributed by atoms with Gasteiger partial charge in [-0.1, -0.05) is 43.3 Å². The van der Waals surface area contributed by atoms with E-state index in [0.29, 0.717) is 12.0 Å². The maximum atomic E-state index is 12.3. The molecule has 0 atom stereocenters. The molecule has 1 aliphatic rings. The minimum atomic E-state index is 0.0236. The molecule has 20 heavy (non-hydrogen) atoms.